The zero-order valence-electron chi connectivity index (χ0n) is 19.8. The number of non-ortho nitro benzene ring substituents is 1. The van der Waals surface area contributed by atoms with E-state index in [0.29, 0.717) is 28.1 Å². The van der Waals surface area contributed by atoms with E-state index in [1.54, 1.807) is 54.6 Å². The van der Waals surface area contributed by atoms with Gasteiger partial charge in [0.25, 0.3) is 21.6 Å². The number of sulfonamides is 1. The zero-order chi connectivity index (χ0) is 26.4. The van der Waals surface area contributed by atoms with Gasteiger partial charge in [-0.15, -0.1) is 0 Å². The van der Waals surface area contributed by atoms with Gasteiger partial charge in [0.2, 0.25) is 0 Å². The van der Waals surface area contributed by atoms with E-state index >= 15 is 0 Å². The van der Waals surface area contributed by atoms with Gasteiger partial charge in [-0.3, -0.25) is 19.6 Å². The first kappa shape index (κ1) is 25.3. The van der Waals surface area contributed by atoms with Crippen LogP contribution in [-0.2, 0) is 14.8 Å². The second kappa shape index (κ2) is 10.9. The van der Waals surface area contributed by atoms with Crippen LogP contribution in [0.2, 0.25) is 0 Å². The first-order valence-electron chi connectivity index (χ1n) is 11.2. The Hall–Kier alpha value is -4.76. The quantitative estimate of drug-likeness (QED) is 0.132. The minimum Gasteiger partial charge on any atom is -0.322 e. The minimum atomic E-state index is -3.82. The molecule has 0 saturated carbocycles. The summed E-state index contributed by atoms with van der Waals surface area (Å²) in [5.74, 6) is -0.452. The summed E-state index contributed by atoms with van der Waals surface area (Å²) >= 11 is 0. The fourth-order valence-electron chi connectivity index (χ4n) is 3.60. The maximum absolute atomic E-state index is 13.3. The lowest BCUT2D eigenvalue weighted by Gasteiger charge is -2.12. The smallest absolute Gasteiger partial charge is 0.270 e. The summed E-state index contributed by atoms with van der Waals surface area (Å²) in [6.07, 6.45) is 1.57. The van der Waals surface area contributed by atoms with E-state index in [4.69, 9.17) is 0 Å². The minimum absolute atomic E-state index is 0.0455. The molecule has 0 atom stereocenters. The van der Waals surface area contributed by atoms with Crippen molar-refractivity contribution >= 4 is 44.6 Å². The number of amides is 1. The van der Waals surface area contributed by atoms with Crippen LogP contribution in [0.5, 0.6) is 0 Å². The molecular weight excluding hydrogens is 490 g/mol. The highest BCUT2D eigenvalue weighted by atomic mass is 32.2. The van der Waals surface area contributed by atoms with Crippen LogP contribution in [0.4, 0.5) is 17.1 Å². The number of nitrogens with one attached hydrogen (secondary N) is 2. The molecule has 0 fully saturated rings. The van der Waals surface area contributed by atoms with Crippen molar-refractivity contribution in [3.8, 4) is 0 Å². The van der Waals surface area contributed by atoms with E-state index in [-0.39, 0.29) is 10.6 Å². The van der Waals surface area contributed by atoms with Crippen molar-refractivity contribution in [1.82, 2.24) is 0 Å². The Balaban J connectivity index is 1.58. The van der Waals surface area contributed by atoms with Crippen molar-refractivity contribution in [1.29, 1.82) is 0 Å². The molecule has 0 heterocycles. The highest BCUT2D eigenvalue weighted by Crippen LogP contribution is 2.24. The lowest BCUT2D eigenvalue weighted by molar-refractivity contribution is -0.384. The number of hydrogen-bond acceptors (Lipinski definition) is 5. The number of rotatable bonds is 8. The molecule has 4 rings (SSSR count). The molecule has 0 radical (unpaired) electrons. The second-order valence-electron chi connectivity index (χ2n) is 8.18. The molecule has 8 nitrogen and oxygen atoms in total. The van der Waals surface area contributed by atoms with Gasteiger partial charge < -0.3 is 5.32 Å². The Morgan fingerprint density at radius 2 is 1.54 bits per heavy atom. The molecule has 0 aliphatic heterocycles. The van der Waals surface area contributed by atoms with Gasteiger partial charge in [-0.05, 0) is 60.0 Å². The predicted octanol–water partition coefficient (Wildman–Crippen LogP) is 5.88. The number of anilines is 2. The average Bonchev–Trinajstić information content (AvgIpc) is 2.89. The summed E-state index contributed by atoms with van der Waals surface area (Å²) in [5.41, 5.74) is 2.98. The summed E-state index contributed by atoms with van der Waals surface area (Å²) in [6.45, 7) is 1.81. The molecule has 0 aliphatic carbocycles. The van der Waals surface area contributed by atoms with Gasteiger partial charge in [-0.25, -0.2) is 8.42 Å². The molecule has 186 valence electrons. The third-order valence-electron chi connectivity index (χ3n) is 5.53. The monoisotopic (exact) mass is 513 g/mol. The Labute approximate surface area is 214 Å². The molecule has 1 amide bonds. The van der Waals surface area contributed by atoms with Crippen molar-refractivity contribution in [2.24, 2.45) is 0 Å². The van der Waals surface area contributed by atoms with E-state index in [1.165, 1.54) is 36.4 Å². The first-order chi connectivity index (χ1) is 17.7. The van der Waals surface area contributed by atoms with Gasteiger partial charge in [-0.2, -0.15) is 0 Å². The molecule has 2 N–H and O–H groups in total. The summed E-state index contributed by atoms with van der Waals surface area (Å²) < 4.78 is 28.2. The molecule has 0 bridgehead atoms. The fourth-order valence-corrected chi connectivity index (χ4v) is 4.73. The maximum Gasteiger partial charge on any atom is 0.270 e. The van der Waals surface area contributed by atoms with Crippen LogP contribution >= 0.6 is 0 Å². The number of para-hydroxylation sites is 1. The van der Waals surface area contributed by atoms with Gasteiger partial charge >= 0.3 is 0 Å². The Bertz CT molecular complexity index is 1580. The molecule has 37 heavy (non-hydrogen) atoms. The molecule has 0 saturated heterocycles. The zero-order valence-corrected chi connectivity index (χ0v) is 20.6. The first-order valence-corrected chi connectivity index (χ1v) is 12.7. The van der Waals surface area contributed by atoms with E-state index in [1.807, 2.05) is 25.1 Å². The van der Waals surface area contributed by atoms with Crippen LogP contribution in [0, 0.1) is 17.0 Å². The molecule has 0 spiro atoms. The summed E-state index contributed by atoms with van der Waals surface area (Å²) in [5, 5.41) is 13.9. The van der Waals surface area contributed by atoms with Gasteiger partial charge in [0.15, 0.2) is 0 Å². The van der Waals surface area contributed by atoms with E-state index in [0.717, 1.165) is 5.56 Å². The Morgan fingerprint density at radius 3 is 2.22 bits per heavy atom. The standard InChI is InChI=1S/C28H23N3O5S/c1-20-8-5-6-13-27(20)30-37(35,36)25-16-14-23(15-17-25)29-28(32)26(22-10-3-2-4-11-22)19-21-9-7-12-24(18-21)31(33)34/h2-19,30H,1H3,(H,29,32)/b26-19+. The topological polar surface area (TPSA) is 118 Å². The number of benzene rings is 4. The number of nitro groups is 1. The maximum atomic E-state index is 13.3. The van der Waals surface area contributed by atoms with Gasteiger partial charge in [0.05, 0.1) is 15.5 Å². The second-order valence-corrected chi connectivity index (χ2v) is 9.86. The third-order valence-corrected chi connectivity index (χ3v) is 6.91. The number of nitrogens with zero attached hydrogens (tertiary/aromatic N) is 1. The molecule has 4 aromatic carbocycles. The van der Waals surface area contributed by atoms with Crippen molar-refractivity contribution in [2.45, 2.75) is 11.8 Å². The van der Waals surface area contributed by atoms with Crippen molar-refractivity contribution < 1.29 is 18.1 Å². The lowest BCUT2D eigenvalue weighted by atomic mass is 10.0. The molecule has 4 aromatic rings. The van der Waals surface area contributed by atoms with Crippen LogP contribution in [0.1, 0.15) is 16.7 Å². The van der Waals surface area contributed by atoms with Gasteiger partial charge in [-0.1, -0.05) is 60.7 Å². The highest BCUT2D eigenvalue weighted by Gasteiger charge is 2.17. The van der Waals surface area contributed by atoms with Crippen LogP contribution in [-0.4, -0.2) is 19.2 Å². The Morgan fingerprint density at radius 1 is 0.865 bits per heavy atom. The molecule has 0 aliphatic rings. The number of nitro benzene ring substituents is 1. The van der Waals surface area contributed by atoms with Crippen LogP contribution in [0.15, 0.2) is 108 Å². The normalized spacial score (nSPS) is 11.5. The van der Waals surface area contributed by atoms with Crippen LogP contribution in [0.3, 0.4) is 0 Å². The van der Waals surface area contributed by atoms with E-state index < -0.39 is 20.9 Å². The molecular formula is C28H23N3O5S. The number of hydrogen-bond donors (Lipinski definition) is 2. The number of carbonyl (C=O) groups is 1. The largest absolute Gasteiger partial charge is 0.322 e. The lowest BCUT2D eigenvalue weighted by Crippen LogP contribution is -2.15. The molecule has 0 aromatic heterocycles. The summed E-state index contributed by atoms with van der Waals surface area (Å²) in [4.78, 5) is 24.0. The van der Waals surface area contributed by atoms with Gasteiger partial charge in [0, 0.05) is 23.4 Å². The van der Waals surface area contributed by atoms with Crippen LogP contribution in [0.25, 0.3) is 11.6 Å². The number of carbonyl (C=O) groups excluding carboxylic acids is 1. The highest BCUT2D eigenvalue weighted by molar-refractivity contribution is 7.92. The average molecular weight is 514 g/mol. The molecule has 9 heteroatoms. The van der Waals surface area contributed by atoms with E-state index in [2.05, 4.69) is 10.0 Å². The van der Waals surface area contributed by atoms with E-state index in [9.17, 15) is 23.3 Å². The summed E-state index contributed by atoms with van der Waals surface area (Å²) in [6, 6.07) is 27.8. The Kier molecular flexibility index (Phi) is 7.45. The van der Waals surface area contributed by atoms with Crippen molar-refractivity contribution in [2.75, 3.05) is 10.0 Å². The van der Waals surface area contributed by atoms with Crippen molar-refractivity contribution in [3.05, 3.63) is 130 Å². The molecule has 0 unspecified atom stereocenters. The predicted molar refractivity (Wildman–Crippen MR) is 144 cm³/mol. The SMILES string of the molecule is Cc1ccccc1NS(=O)(=O)c1ccc(NC(=O)/C(=C/c2cccc([N+](=O)[O-])c2)c2ccccc2)cc1. The van der Waals surface area contributed by atoms with Crippen molar-refractivity contribution in [3.63, 3.8) is 0 Å². The fraction of sp³-hybridized carbons (Fsp3) is 0.0357. The van der Waals surface area contributed by atoms with Gasteiger partial charge in [0.1, 0.15) is 0 Å². The third kappa shape index (κ3) is 6.28. The van der Waals surface area contributed by atoms with Crippen LogP contribution < -0.4 is 10.0 Å². The number of aryl methyl sites for hydroxylation is 1. The summed E-state index contributed by atoms with van der Waals surface area (Å²) in [7, 11) is -3.82.